The smallest absolute Gasteiger partial charge is 0.194 e. The number of aliphatic hydroxyl groups is 1. The first-order chi connectivity index (χ1) is 18.7. The molecule has 0 saturated heterocycles. The lowest BCUT2D eigenvalue weighted by atomic mass is 9.97. The van der Waals surface area contributed by atoms with Crippen LogP contribution in [0.2, 0.25) is 0 Å². The highest BCUT2D eigenvalue weighted by Crippen LogP contribution is 2.56. The molecule has 1 N–H and O–H groups in total. The van der Waals surface area contributed by atoms with E-state index in [9.17, 15) is 5.11 Å². The minimum absolute atomic E-state index is 0.707. The van der Waals surface area contributed by atoms with Crippen LogP contribution in [0.15, 0.2) is 142 Å². The Morgan fingerprint density at radius 3 is 1.29 bits per heavy atom. The van der Waals surface area contributed by atoms with Gasteiger partial charge >= 0.3 is 0 Å². The molecule has 2 nitrogen and oxygen atoms in total. The zero-order chi connectivity index (χ0) is 25.6. The summed E-state index contributed by atoms with van der Waals surface area (Å²) in [5, 5.41) is 10.4. The molecule has 0 radical (unpaired) electrons. The Balaban J connectivity index is 1.40. The van der Waals surface area contributed by atoms with Gasteiger partial charge in [-0.25, -0.2) is 0 Å². The third-order valence-electron chi connectivity index (χ3n) is 6.40. The van der Waals surface area contributed by atoms with E-state index in [4.69, 9.17) is 4.74 Å². The Labute approximate surface area is 239 Å². The average molecular weight is 567 g/mol. The highest BCUT2D eigenvalue weighted by molar-refractivity contribution is 8.05. The summed E-state index contributed by atoms with van der Waals surface area (Å²) < 4.78 is 6.23. The molecule has 1 atom stereocenters. The predicted octanol–water partition coefficient (Wildman–Crippen LogP) is 9.97. The molecule has 7 rings (SSSR count). The number of benzene rings is 5. The van der Waals surface area contributed by atoms with Crippen LogP contribution in [0.25, 0.3) is 22.3 Å². The second kappa shape index (κ2) is 10.1. The zero-order valence-electron chi connectivity index (χ0n) is 20.4. The molecule has 0 amide bonds. The number of para-hydroxylation sites is 1. The van der Waals surface area contributed by atoms with Crippen LogP contribution >= 0.6 is 47.0 Å². The third kappa shape index (κ3) is 4.34. The van der Waals surface area contributed by atoms with Crippen molar-refractivity contribution in [1.82, 2.24) is 0 Å². The Kier molecular flexibility index (Phi) is 6.46. The quantitative estimate of drug-likeness (QED) is 0.213. The molecule has 2 heterocycles. The number of hydrogen-bond acceptors (Lipinski definition) is 6. The third-order valence-corrected chi connectivity index (χ3v) is 11.6. The summed E-state index contributed by atoms with van der Waals surface area (Å²) in [5.41, 5.74) is 4.20. The normalized spacial score (nSPS) is 14.1. The molecule has 1 unspecified atom stereocenters. The Morgan fingerprint density at radius 2 is 0.842 bits per heavy atom. The van der Waals surface area contributed by atoms with Crippen LogP contribution in [0.1, 0.15) is 6.92 Å². The number of aliphatic hydroxyl groups excluding tert-OH is 1. The molecule has 0 aromatic heterocycles. The van der Waals surface area contributed by atoms with Crippen molar-refractivity contribution in [1.29, 1.82) is 0 Å². The molecule has 186 valence electrons. The molecule has 5 aromatic carbocycles. The van der Waals surface area contributed by atoms with Gasteiger partial charge in [-0.1, -0.05) is 114 Å². The van der Waals surface area contributed by atoms with Crippen LogP contribution in [0.3, 0.4) is 0 Å². The largest absolute Gasteiger partial charge is 0.464 e. The van der Waals surface area contributed by atoms with Crippen molar-refractivity contribution < 1.29 is 9.84 Å². The molecule has 38 heavy (non-hydrogen) atoms. The number of ether oxygens (including phenoxy) is 1. The van der Waals surface area contributed by atoms with Gasteiger partial charge in [0, 0.05) is 61.4 Å². The molecule has 0 bridgehead atoms. The summed E-state index contributed by atoms with van der Waals surface area (Å²) >= 11 is 7.22. The summed E-state index contributed by atoms with van der Waals surface area (Å²) in [6.45, 7) is 1.67. The fourth-order valence-corrected chi connectivity index (χ4v) is 9.57. The Hall–Kier alpha value is -2.74. The van der Waals surface area contributed by atoms with Gasteiger partial charge in [-0.05, 0) is 43.3 Å². The van der Waals surface area contributed by atoms with Crippen LogP contribution in [0.4, 0.5) is 0 Å². The summed E-state index contributed by atoms with van der Waals surface area (Å²) in [5.74, 6) is 0.707. The maximum absolute atomic E-state index is 10.4. The van der Waals surface area contributed by atoms with Crippen LogP contribution in [-0.4, -0.2) is 11.4 Å². The molecule has 0 aliphatic carbocycles. The van der Waals surface area contributed by atoms with Crippen LogP contribution < -0.4 is 4.74 Å². The van der Waals surface area contributed by atoms with E-state index in [1.54, 1.807) is 54.0 Å². The molecule has 0 spiro atoms. The fraction of sp³-hybridized carbons (Fsp3) is 0.0625. The Bertz CT molecular complexity index is 1580. The van der Waals surface area contributed by atoms with Crippen LogP contribution in [-0.2, 0) is 0 Å². The van der Waals surface area contributed by atoms with Gasteiger partial charge in [0.15, 0.2) is 6.29 Å². The van der Waals surface area contributed by atoms with Gasteiger partial charge < -0.3 is 9.84 Å². The van der Waals surface area contributed by atoms with Crippen molar-refractivity contribution in [3.05, 3.63) is 103 Å². The first-order valence-corrected chi connectivity index (χ1v) is 15.6. The van der Waals surface area contributed by atoms with Gasteiger partial charge in [-0.15, -0.1) is 0 Å². The molecular weight excluding hydrogens is 545 g/mol. The molecular formula is C32H22O2S4. The fourth-order valence-electron chi connectivity index (χ4n) is 4.78. The maximum atomic E-state index is 10.4. The number of rotatable bonds is 4. The predicted molar refractivity (Wildman–Crippen MR) is 159 cm³/mol. The van der Waals surface area contributed by atoms with Crippen molar-refractivity contribution in [3.63, 3.8) is 0 Å². The molecule has 0 fully saturated rings. The van der Waals surface area contributed by atoms with Crippen LogP contribution in [0, 0.1) is 0 Å². The highest BCUT2D eigenvalue weighted by atomic mass is 32.2. The van der Waals surface area contributed by atoms with Crippen molar-refractivity contribution in [2.24, 2.45) is 0 Å². The summed E-state index contributed by atoms with van der Waals surface area (Å²) in [4.78, 5) is 9.99. The minimum atomic E-state index is -0.945. The van der Waals surface area contributed by atoms with E-state index in [-0.39, 0.29) is 0 Å². The highest BCUT2D eigenvalue weighted by Gasteiger charge is 2.26. The molecule has 5 aromatic rings. The van der Waals surface area contributed by atoms with E-state index < -0.39 is 6.29 Å². The van der Waals surface area contributed by atoms with E-state index in [1.807, 2.05) is 0 Å². The van der Waals surface area contributed by atoms with Gasteiger partial charge in [0.05, 0.1) is 0 Å². The number of hydrogen-bond donors (Lipinski definition) is 1. The number of fused-ring (bicyclic) bond motifs is 4. The van der Waals surface area contributed by atoms with E-state index in [1.165, 1.54) is 39.2 Å². The van der Waals surface area contributed by atoms with E-state index in [2.05, 4.69) is 103 Å². The summed E-state index contributed by atoms with van der Waals surface area (Å²) in [7, 11) is 0. The summed E-state index contributed by atoms with van der Waals surface area (Å²) in [6.07, 6.45) is -0.945. The lowest BCUT2D eigenvalue weighted by molar-refractivity contribution is 0.000547. The van der Waals surface area contributed by atoms with Gasteiger partial charge in [0.25, 0.3) is 0 Å². The van der Waals surface area contributed by atoms with E-state index in [0.717, 1.165) is 22.3 Å². The monoisotopic (exact) mass is 566 g/mol. The zero-order valence-corrected chi connectivity index (χ0v) is 23.6. The molecule has 2 aliphatic rings. The topological polar surface area (TPSA) is 29.5 Å². The van der Waals surface area contributed by atoms with Crippen LogP contribution in [0.5, 0.6) is 5.75 Å². The first kappa shape index (κ1) is 24.3. The lowest BCUT2D eigenvalue weighted by Crippen LogP contribution is -2.11. The van der Waals surface area contributed by atoms with Crippen molar-refractivity contribution in [3.8, 4) is 28.0 Å². The molecule has 2 aliphatic heterocycles. The Morgan fingerprint density at radius 1 is 0.474 bits per heavy atom. The minimum Gasteiger partial charge on any atom is -0.464 e. The second-order valence-corrected chi connectivity index (χ2v) is 13.2. The molecule has 0 saturated carbocycles. The van der Waals surface area contributed by atoms with Gasteiger partial charge in [0.2, 0.25) is 0 Å². The maximum Gasteiger partial charge on any atom is 0.194 e. The van der Waals surface area contributed by atoms with Crippen molar-refractivity contribution >= 4 is 47.0 Å². The first-order valence-electron chi connectivity index (χ1n) is 12.3. The van der Waals surface area contributed by atoms with Gasteiger partial charge in [-0.3, -0.25) is 0 Å². The van der Waals surface area contributed by atoms with Crippen molar-refractivity contribution in [2.45, 2.75) is 52.4 Å². The van der Waals surface area contributed by atoms with Gasteiger partial charge in [-0.2, -0.15) is 0 Å². The van der Waals surface area contributed by atoms with E-state index in [0.29, 0.717) is 5.75 Å². The van der Waals surface area contributed by atoms with Crippen molar-refractivity contribution in [2.75, 3.05) is 0 Å². The standard InChI is InChI=1S/C32H22O2S4/c1-19(33)34-30-20(22-11-7-17-28-31(22)37-26-15-4-2-13-24(26)35-28)9-6-10-21(30)23-12-8-18-29-32(23)38-27-16-5-3-14-25(27)36-29/h2-19,33H,1H3. The lowest BCUT2D eigenvalue weighted by Gasteiger charge is -2.25. The molecule has 6 heteroatoms. The SMILES string of the molecule is CC(O)Oc1c(-c2cccc3c2Sc2ccccc2S3)cccc1-c1cccc2c1Sc1ccccc1S2. The second-order valence-electron chi connectivity index (χ2n) is 8.97. The average Bonchev–Trinajstić information content (AvgIpc) is 2.94. The van der Waals surface area contributed by atoms with E-state index >= 15 is 0 Å². The van der Waals surface area contributed by atoms with Gasteiger partial charge in [0.1, 0.15) is 5.75 Å². The summed E-state index contributed by atoms with van der Waals surface area (Å²) in [6, 6.07) is 36.3.